The van der Waals surface area contributed by atoms with E-state index in [1.54, 1.807) is 0 Å². The first-order chi connectivity index (χ1) is 39.0. The van der Waals surface area contributed by atoms with E-state index in [-0.39, 0.29) is 32.0 Å². The number of quaternary nitrogens is 1. The molecule has 0 aromatic rings. The molecule has 0 fully saturated rings. The number of rotatable bonds is 63. The minimum Gasteiger partial charge on any atom is -0.756 e. The summed E-state index contributed by atoms with van der Waals surface area (Å²) in [5.41, 5.74) is 0. The smallest absolute Gasteiger partial charge is 0.306 e. The van der Waals surface area contributed by atoms with Crippen LogP contribution in [0.2, 0.25) is 0 Å². The van der Waals surface area contributed by atoms with Crippen molar-refractivity contribution in [3.05, 3.63) is 60.8 Å². The monoisotopic (exact) mass is 1140 g/mol. The van der Waals surface area contributed by atoms with E-state index in [0.29, 0.717) is 17.4 Å². The Bertz CT molecular complexity index is 1530. The van der Waals surface area contributed by atoms with Crippen LogP contribution >= 0.6 is 7.82 Å². The Morgan fingerprint density at radius 2 is 0.675 bits per heavy atom. The van der Waals surface area contributed by atoms with Crippen LogP contribution in [-0.4, -0.2) is 70.0 Å². The van der Waals surface area contributed by atoms with Crippen LogP contribution < -0.4 is 4.89 Å². The highest BCUT2D eigenvalue weighted by molar-refractivity contribution is 7.45. The Kier molecular flexibility index (Phi) is 59.5. The summed E-state index contributed by atoms with van der Waals surface area (Å²) in [6.07, 6.45) is 80.1. The molecule has 0 aromatic heterocycles. The van der Waals surface area contributed by atoms with Crippen molar-refractivity contribution in [1.82, 2.24) is 0 Å². The van der Waals surface area contributed by atoms with Gasteiger partial charge < -0.3 is 27.9 Å². The van der Waals surface area contributed by atoms with E-state index in [1.807, 2.05) is 21.1 Å². The van der Waals surface area contributed by atoms with Gasteiger partial charge in [-0.25, -0.2) is 0 Å². The lowest BCUT2D eigenvalue weighted by Gasteiger charge is -2.28. The predicted molar refractivity (Wildman–Crippen MR) is 342 cm³/mol. The van der Waals surface area contributed by atoms with Crippen molar-refractivity contribution >= 4 is 19.8 Å². The van der Waals surface area contributed by atoms with E-state index in [2.05, 4.69) is 74.6 Å². The molecule has 0 aliphatic heterocycles. The van der Waals surface area contributed by atoms with Gasteiger partial charge >= 0.3 is 11.9 Å². The molecule has 0 aromatic carbocycles. The standard InChI is InChI=1S/C70H130NO8P/c1-6-8-10-12-14-16-18-20-22-24-26-28-30-31-32-33-34-35-36-37-38-39-41-43-45-47-49-51-53-55-57-59-61-63-70(73)79-68(67-78-80(74,75)77-65-64-71(3,4)5)66-76-69(72)62-60-58-56-54-52-50-48-46-44-42-40-29-27-25-23-21-19-17-15-13-11-9-7-2/h18-21,24-27,30-31,68H,6-17,22-23,28-29,32-67H2,1-5H3/b20-18-,21-19-,26-24-,27-25-,31-30-. The summed E-state index contributed by atoms with van der Waals surface area (Å²) in [5.74, 6) is -0.823. The fourth-order valence-corrected chi connectivity index (χ4v) is 10.5. The Morgan fingerprint density at radius 1 is 0.388 bits per heavy atom. The summed E-state index contributed by atoms with van der Waals surface area (Å²) in [6.45, 7) is 4.26. The Labute approximate surface area is 496 Å². The average Bonchev–Trinajstić information content (AvgIpc) is 3.42. The summed E-state index contributed by atoms with van der Waals surface area (Å²) in [4.78, 5) is 38.0. The molecule has 0 heterocycles. The van der Waals surface area contributed by atoms with Crippen molar-refractivity contribution < 1.29 is 42.1 Å². The highest BCUT2D eigenvalue weighted by atomic mass is 31.2. The number of hydrogen-bond acceptors (Lipinski definition) is 8. The number of carbonyl (C=O) groups excluding carboxylic acids is 2. The van der Waals surface area contributed by atoms with Crippen LogP contribution in [-0.2, 0) is 32.7 Å². The number of likely N-dealkylation sites (N-methyl/N-ethyl adjacent to an activating group) is 1. The van der Waals surface area contributed by atoms with Crippen molar-refractivity contribution in [2.75, 3.05) is 47.5 Å². The topological polar surface area (TPSA) is 111 Å². The lowest BCUT2D eigenvalue weighted by molar-refractivity contribution is -0.870. The molecule has 0 N–H and O–H groups in total. The van der Waals surface area contributed by atoms with Gasteiger partial charge in [0, 0.05) is 12.8 Å². The lowest BCUT2D eigenvalue weighted by atomic mass is 10.0. The third kappa shape index (κ3) is 64.9. The molecule has 0 radical (unpaired) electrons. The molecule has 2 atom stereocenters. The molecule has 10 heteroatoms. The molecular formula is C70H130NO8P. The van der Waals surface area contributed by atoms with Crippen LogP contribution in [0.25, 0.3) is 0 Å². The number of phosphoric ester groups is 1. The number of hydrogen-bond donors (Lipinski definition) is 0. The van der Waals surface area contributed by atoms with Gasteiger partial charge in [0.25, 0.3) is 7.82 Å². The Balaban J connectivity index is 4.03. The van der Waals surface area contributed by atoms with Gasteiger partial charge in [-0.05, 0) is 83.5 Å². The van der Waals surface area contributed by atoms with Crippen LogP contribution in [0.15, 0.2) is 60.8 Å². The maximum atomic E-state index is 12.9. The number of unbranched alkanes of at least 4 members (excludes halogenated alkanes) is 39. The highest BCUT2D eigenvalue weighted by Gasteiger charge is 2.22. The van der Waals surface area contributed by atoms with Crippen LogP contribution in [0.5, 0.6) is 0 Å². The zero-order chi connectivity index (χ0) is 58.4. The predicted octanol–water partition coefficient (Wildman–Crippen LogP) is 21.2. The van der Waals surface area contributed by atoms with Gasteiger partial charge in [0.1, 0.15) is 19.8 Å². The molecule has 0 rings (SSSR count). The first-order valence-corrected chi connectivity index (χ1v) is 35.5. The first-order valence-electron chi connectivity index (χ1n) is 34.0. The molecule has 468 valence electrons. The molecule has 2 unspecified atom stereocenters. The summed E-state index contributed by atoms with van der Waals surface area (Å²) >= 11 is 0. The van der Waals surface area contributed by atoms with E-state index in [0.717, 1.165) is 57.8 Å². The van der Waals surface area contributed by atoms with Crippen LogP contribution in [0.4, 0.5) is 0 Å². The fraction of sp³-hybridized carbons (Fsp3) is 0.829. The second-order valence-corrected chi connectivity index (χ2v) is 25.6. The first kappa shape index (κ1) is 77.7. The van der Waals surface area contributed by atoms with E-state index in [4.69, 9.17) is 18.5 Å². The number of carbonyl (C=O) groups is 2. The molecule has 80 heavy (non-hydrogen) atoms. The van der Waals surface area contributed by atoms with Crippen LogP contribution in [0.1, 0.15) is 322 Å². The highest BCUT2D eigenvalue weighted by Crippen LogP contribution is 2.38. The summed E-state index contributed by atoms with van der Waals surface area (Å²) in [6, 6.07) is 0. The van der Waals surface area contributed by atoms with Gasteiger partial charge in [0.05, 0.1) is 27.7 Å². The zero-order valence-electron chi connectivity index (χ0n) is 53.3. The third-order valence-electron chi connectivity index (χ3n) is 15.0. The number of nitrogens with zero attached hydrogens (tertiary/aromatic N) is 1. The van der Waals surface area contributed by atoms with Gasteiger partial charge in [-0.15, -0.1) is 0 Å². The fourth-order valence-electron chi connectivity index (χ4n) is 9.76. The molecule has 9 nitrogen and oxygen atoms in total. The zero-order valence-corrected chi connectivity index (χ0v) is 54.2. The van der Waals surface area contributed by atoms with Crippen LogP contribution in [0, 0.1) is 0 Å². The molecular weight excluding hydrogens is 1010 g/mol. The Morgan fingerprint density at radius 3 is 1.00 bits per heavy atom. The van der Waals surface area contributed by atoms with Gasteiger partial charge in [-0.2, -0.15) is 0 Å². The normalized spacial score (nSPS) is 13.5. The number of phosphoric acid groups is 1. The summed E-state index contributed by atoms with van der Waals surface area (Å²) in [5, 5.41) is 0. The number of allylic oxidation sites excluding steroid dienone is 10. The van der Waals surface area contributed by atoms with Crippen molar-refractivity contribution in [3.63, 3.8) is 0 Å². The van der Waals surface area contributed by atoms with Gasteiger partial charge in [-0.1, -0.05) is 286 Å². The Hall–Kier alpha value is -2.29. The lowest BCUT2D eigenvalue weighted by Crippen LogP contribution is -2.37. The van der Waals surface area contributed by atoms with Gasteiger partial charge in [0.15, 0.2) is 6.10 Å². The van der Waals surface area contributed by atoms with Crippen molar-refractivity contribution in [1.29, 1.82) is 0 Å². The van der Waals surface area contributed by atoms with Crippen LogP contribution in [0.3, 0.4) is 0 Å². The minimum absolute atomic E-state index is 0.0309. The second kappa shape index (κ2) is 61.3. The van der Waals surface area contributed by atoms with Crippen molar-refractivity contribution in [2.24, 2.45) is 0 Å². The summed E-state index contributed by atoms with van der Waals surface area (Å²) < 4.78 is 34.3. The molecule has 0 bridgehead atoms. The molecule has 0 spiro atoms. The second-order valence-electron chi connectivity index (χ2n) is 24.2. The van der Waals surface area contributed by atoms with Gasteiger partial charge in [0.2, 0.25) is 0 Å². The number of esters is 2. The maximum absolute atomic E-state index is 12.9. The van der Waals surface area contributed by atoms with E-state index < -0.39 is 26.5 Å². The number of ether oxygens (including phenoxy) is 2. The molecule has 0 amide bonds. The molecule has 0 aliphatic rings. The third-order valence-corrected chi connectivity index (χ3v) is 16.0. The van der Waals surface area contributed by atoms with Gasteiger partial charge in [-0.3, -0.25) is 14.2 Å². The average molecular weight is 1140 g/mol. The minimum atomic E-state index is -4.64. The van der Waals surface area contributed by atoms with E-state index >= 15 is 0 Å². The molecule has 0 saturated carbocycles. The molecule has 0 aliphatic carbocycles. The maximum Gasteiger partial charge on any atom is 0.306 e. The largest absolute Gasteiger partial charge is 0.756 e. The quantitative estimate of drug-likeness (QED) is 0.0195. The molecule has 0 saturated heterocycles. The van der Waals surface area contributed by atoms with E-state index in [1.165, 1.54) is 231 Å². The summed E-state index contributed by atoms with van der Waals surface area (Å²) in [7, 11) is 1.17. The SMILES string of the molecule is CCCCCCC/C=C\C/C=C\C/C=C\CCCCCCCCCCCCCCCCCCCCC(=O)OC(COC(=O)CCCCCCCCCCCCC/C=C\C/C=C\CCCCCCC)COP(=O)([O-])OCC[N+](C)(C)C. The van der Waals surface area contributed by atoms with Crippen molar-refractivity contribution in [2.45, 2.75) is 328 Å². The van der Waals surface area contributed by atoms with E-state index in [9.17, 15) is 19.0 Å². The van der Waals surface area contributed by atoms with Crippen molar-refractivity contribution in [3.8, 4) is 0 Å².